The SMILES string of the molecule is O=C(Nc1cccc(C2=NOC[C@H]2c2c(Cl)cccc2Cl)c1)C(Cl)Cl. The molecule has 130 valence electrons. The number of nitrogens with one attached hydrogen (secondary N) is 1. The Morgan fingerprint density at radius 2 is 1.84 bits per heavy atom. The molecule has 0 saturated carbocycles. The lowest BCUT2D eigenvalue weighted by molar-refractivity contribution is -0.114. The molecule has 0 aliphatic carbocycles. The molecule has 0 spiro atoms. The number of benzene rings is 2. The van der Waals surface area contributed by atoms with E-state index in [-0.39, 0.29) is 5.92 Å². The summed E-state index contributed by atoms with van der Waals surface area (Å²) in [6.45, 7) is 0.334. The molecular weight excluding hydrogens is 406 g/mol. The Bertz CT molecular complexity index is 819. The normalized spacial score (nSPS) is 16.5. The first-order chi connectivity index (χ1) is 12.0. The van der Waals surface area contributed by atoms with Crippen LogP contribution in [0.5, 0.6) is 0 Å². The summed E-state index contributed by atoms with van der Waals surface area (Å²) in [5.41, 5.74) is 2.77. The van der Waals surface area contributed by atoms with Gasteiger partial charge >= 0.3 is 0 Å². The van der Waals surface area contributed by atoms with Crippen LogP contribution in [0.1, 0.15) is 17.0 Å². The van der Waals surface area contributed by atoms with Crippen LogP contribution in [0.4, 0.5) is 5.69 Å². The molecule has 25 heavy (non-hydrogen) atoms. The van der Waals surface area contributed by atoms with Crippen LogP contribution < -0.4 is 5.32 Å². The minimum Gasteiger partial charge on any atom is -0.394 e. The Labute approximate surface area is 164 Å². The molecule has 8 heteroatoms. The first-order valence-electron chi connectivity index (χ1n) is 7.30. The molecule has 0 unspecified atom stereocenters. The number of hydrogen-bond acceptors (Lipinski definition) is 3. The molecule has 3 rings (SSSR count). The maximum atomic E-state index is 11.7. The Hall–Kier alpha value is -1.46. The van der Waals surface area contributed by atoms with Gasteiger partial charge in [0.2, 0.25) is 0 Å². The zero-order chi connectivity index (χ0) is 18.0. The largest absolute Gasteiger partial charge is 0.394 e. The topological polar surface area (TPSA) is 50.7 Å². The molecule has 1 heterocycles. The van der Waals surface area contributed by atoms with E-state index in [1.165, 1.54) is 0 Å². The first-order valence-corrected chi connectivity index (χ1v) is 8.93. The second kappa shape index (κ2) is 7.83. The van der Waals surface area contributed by atoms with Crippen molar-refractivity contribution in [1.82, 2.24) is 0 Å². The number of nitrogens with zero attached hydrogens (tertiary/aromatic N) is 1. The molecule has 4 nitrogen and oxygen atoms in total. The number of amides is 1. The molecule has 0 bridgehead atoms. The lowest BCUT2D eigenvalue weighted by Crippen LogP contribution is -2.19. The van der Waals surface area contributed by atoms with E-state index in [9.17, 15) is 4.79 Å². The molecule has 1 N–H and O–H groups in total. The molecule has 0 saturated heterocycles. The summed E-state index contributed by atoms with van der Waals surface area (Å²) >= 11 is 23.8. The minimum absolute atomic E-state index is 0.207. The van der Waals surface area contributed by atoms with Crippen molar-refractivity contribution < 1.29 is 9.63 Å². The number of alkyl halides is 2. The third-order valence-corrected chi connectivity index (χ3v) is 4.76. The van der Waals surface area contributed by atoms with Crippen LogP contribution in [-0.2, 0) is 9.63 Å². The third-order valence-electron chi connectivity index (χ3n) is 3.71. The number of rotatable bonds is 4. The van der Waals surface area contributed by atoms with Gasteiger partial charge in [-0.25, -0.2) is 0 Å². The van der Waals surface area contributed by atoms with Crippen molar-refractivity contribution in [3.05, 3.63) is 63.6 Å². The van der Waals surface area contributed by atoms with E-state index < -0.39 is 10.7 Å². The van der Waals surface area contributed by atoms with Crippen molar-refractivity contribution in [2.24, 2.45) is 5.16 Å². The molecule has 2 aromatic carbocycles. The van der Waals surface area contributed by atoms with Crippen LogP contribution >= 0.6 is 46.4 Å². The summed E-state index contributed by atoms with van der Waals surface area (Å²) in [6, 6.07) is 12.5. The van der Waals surface area contributed by atoms with Crippen molar-refractivity contribution in [3.63, 3.8) is 0 Å². The molecule has 2 aromatic rings. The van der Waals surface area contributed by atoms with Gasteiger partial charge in [-0.05, 0) is 24.3 Å². The Morgan fingerprint density at radius 3 is 2.52 bits per heavy atom. The summed E-state index contributed by atoms with van der Waals surface area (Å²) < 4.78 is 0. The Kier molecular flexibility index (Phi) is 5.74. The lowest BCUT2D eigenvalue weighted by Gasteiger charge is -2.15. The zero-order valence-corrected chi connectivity index (χ0v) is 15.7. The predicted molar refractivity (Wildman–Crippen MR) is 102 cm³/mol. The fourth-order valence-corrected chi connectivity index (χ4v) is 3.36. The van der Waals surface area contributed by atoms with Gasteiger partial charge in [-0.1, -0.05) is 69.8 Å². The van der Waals surface area contributed by atoms with Gasteiger partial charge in [0, 0.05) is 26.9 Å². The first kappa shape index (κ1) is 18.3. The molecule has 1 aliphatic heterocycles. The second-order valence-corrected chi connectivity index (χ2v) is 7.24. The molecule has 0 radical (unpaired) electrons. The van der Waals surface area contributed by atoms with Crippen molar-refractivity contribution >= 4 is 63.7 Å². The van der Waals surface area contributed by atoms with Crippen LogP contribution in [0.15, 0.2) is 47.6 Å². The third kappa shape index (κ3) is 4.04. The summed E-state index contributed by atoms with van der Waals surface area (Å²) in [5, 5.41) is 7.86. The van der Waals surface area contributed by atoms with Gasteiger partial charge < -0.3 is 10.2 Å². The van der Waals surface area contributed by atoms with Crippen LogP contribution in [0, 0.1) is 0 Å². The quantitative estimate of drug-likeness (QED) is 0.690. The standard InChI is InChI=1S/C17H12Cl4N2O2/c18-12-5-2-6-13(19)14(12)11-8-25-23-15(11)9-3-1-4-10(7-9)22-17(24)16(20)21/h1-7,11,16H,8H2,(H,22,24)/t11-/m0/s1. The lowest BCUT2D eigenvalue weighted by atomic mass is 9.90. The van der Waals surface area contributed by atoms with E-state index in [2.05, 4.69) is 10.5 Å². The van der Waals surface area contributed by atoms with E-state index in [1.807, 2.05) is 6.07 Å². The van der Waals surface area contributed by atoms with Gasteiger partial charge in [-0.3, -0.25) is 4.79 Å². The fraction of sp³-hybridized carbons (Fsp3) is 0.176. The summed E-state index contributed by atoms with van der Waals surface area (Å²) in [6.07, 6.45) is 0. The molecule has 0 fully saturated rings. The highest BCUT2D eigenvalue weighted by Gasteiger charge is 2.30. The number of carbonyl (C=O) groups excluding carboxylic acids is 1. The van der Waals surface area contributed by atoms with Gasteiger partial charge in [0.25, 0.3) is 5.91 Å². The smallest absolute Gasteiger partial charge is 0.257 e. The summed E-state index contributed by atoms with van der Waals surface area (Å²) in [4.78, 5) is 15.8. The van der Waals surface area contributed by atoms with Crippen LogP contribution in [0.2, 0.25) is 10.0 Å². The molecule has 1 aliphatic rings. The highest BCUT2D eigenvalue weighted by Crippen LogP contribution is 2.36. The maximum absolute atomic E-state index is 11.7. The van der Waals surface area contributed by atoms with Crippen molar-refractivity contribution in [2.75, 3.05) is 11.9 Å². The number of oxime groups is 1. The van der Waals surface area contributed by atoms with Crippen LogP contribution in [0.3, 0.4) is 0 Å². The highest BCUT2D eigenvalue weighted by atomic mass is 35.5. The van der Waals surface area contributed by atoms with E-state index in [0.29, 0.717) is 28.1 Å². The van der Waals surface area contributed by atoms with E-state index in [4.69, 9.17) is 51.2 Å². The number of carbonyl (C=O) groups is 1. The van der Waals surface area contributed by atoms with Gasteiger partial charge in [0.15, 0.2) is 4.84 Å². The van der Waals surface area contributed by atoms with Gasteiger partial charge in [-0.2, -0.15) is 0 Å². The fourth-order valence-electron chi connectivity index (χ4n) is 2.59. The van der Waals surface area contributed by atoms with Gasteiger partial charge in [0.05, 0.1) is 11.6 Å². The summed E-state index contributed by atoms with van der Waals surface area (Å²) in [7, 11) is 0. The van der Waals surface area contributed by atoms with E-state index in [1.54, 1.807) is 36.4 Å². The number of hydrogen-bond donors (Lipinski definition) is 1. The minimum atomic E-state index is -1.15. The average molecular weight is 418 g/mol. The molecule has 1 amide bonds. The Balaban J connectivity index is 1.92. The molecular formula is C17H12Cl4N2O2. The van der Waals surface area contributed by atoms with Gasteiger partial charge in [0.1, 0.15) is 6.61 Å². The van der Waals surface area contributed by atoms with Gasteiger partial charge in [-0.15, -0.1) is 0 Å². The van der Waals surface area contributed by atoms with Crippen LogP contribution in [0.25, 0.3) is 0 Å². The Morgan fingerprint density at radius 1 is 1.16 bits per heavy atom. The zero-order valence-electron chi connectivity index (χ0n) is 12.7. The molecule has 1 atom stereocenters. The average Bonchev–Trinajstić information content (AvgIpc) is 3.04. The number of anilines is 1. The van der Waals surface area contributed by atoms with E-state index in [0.717, 1.165) is 11.1 Å². The van der Waals surface area contributed by atoms with Crippen molar-refractivity contribution in [1.29, 1.82) is 0 Å². The second-order valence-electron chi connectivity index (χ2n) is 5.33. The highest BCUT2D eigenvalue weighted by molar-refractivity contribution is 6.54. The van der Waals surface area contributed by atoms with Crippen molar-refractivity contribution in [3.8, 4) is 0 Å². The predicted octanol–water partition coefficient (Wildman–Crippen LogP) is 5.25. The molecule has 0 aromatic heterocycles. The van der Waals surface area contributed by atoms with Crippen molar-refractivity contribution in [2.45, 2.75) is 10.8 Å². The maximum Gasteiger partial charge on any atom is 0.257 e. The van der Waals surface area contributed by atoms with Crippen LogP contribution in [-0.4, -0.2) is 23.1 Å². The van der Waals surface area contributed by atoms with E-state index >= 15 is 0 Å². The monoisotopic (exact) mass is 416 g/mol. The number of halogens is 4. The summed E-state index contributed by atoms with van der Waals surface area (Å²) in [5.74, 6) is -0.711.